The molecule has 1 aliphatic rings. The molecule has 0 bridgehead atoms. The number of para-hydroxylation sites is 1. The predicted molar refractivity (Wildman–Crippen MR) is 142 cm³/mol. The van der Waals surface area contributed by atoms with Gasteiger partial charge in [0.1, 0.15) is 10.6 Å². The van der Waals surface area contributed by atoms with Crippen LogP contribution in [0, 0.1) is 0 Å². The largest absolute Gasteiger partial charge is 0.462 e. The van der Waals surface area contributed by atoms with Gasteiger partial charge < -0.3 is 10.1 Å². The Morgan fingerprint density at radius 2 is 1.83 bits per heavy atom. The van der Waals surface area contributed by atoms with Crippen molar-refractivity contribution in [3.8, 4) is 11.1 Å². The summed E-state index contributed by atoms with van der Waals surface area (Å²) in [5.41, 5.74) is 3.19. The normalized spacial score (nSPS) is 14.8. The number of carbonyl (C=O) groups excluding carboxylic acids is 2. The van der Waals surface area contributed by atoms with Crippen molar-refractivity contribution in [2.24, 2.45) is 0 Å². The zero-order valence-corrected chi connectivity index (χ0v) is 21.2. The number of rotatable bonds is 7. The molecule has 8 heteroatoms. The first-order chi connectivity index (χ1) is 17.1. The minimum atomic E-state index is -0.417. The van der Waals surface area contributed by atoms with E-state index in [0.717, 1.165) is 42.6 Å². The minimum absolute atomic E-state index is 0.115. The van der Waals surface area contributed by atoms with Gasteiger partial charge in [-0.3, -0.25) is 9.69 Å². The van der Waals surface area contributed by atoms with Crippen molar-refractivity contribution in [2.75, 3.05) is 31.6 Å². The maximum atomic E-state index is 12.9. The molecular formula is C27H27N3O3S2. The van der Waals surface area contributed by atoms with Gasteiger partial charge in [-0.1, -0.05) is 42.5 Å². The fourth-order valence-electron chi connectivity index (χ4n) is 4.46. The molecule has 1 saturated heterocycles. The van der Waals surface area contributed by atoms with E-state index in [2.05, 4.69) is 28.4 Å². The first kappa shape index (κ1) is 23.7. The van der Waals surface area contributed by atoms with E-state index in [1.807, 2.05) is 41.8 Å². The Kier molecular flexibility index (Phi) is 7.22. The van der Waals surface area contributed by atoms with E-state index in [-0.39, 0.29) is 12.5 Å². The van der Waals surface area contributed by atoms with Gasteiger partial charge in [-0.05, 0) is 50.6 Å². The van der Waals surface area contributed by atoms with Gasteiger partial charge >= 0.3 is 5.97 Å². The Hall–Kier alpha value is -3.07. The molecule has 0 spiro atoms. The molecule has 2 aromatic carbocycles. The Balaban J connectivity index is 1.23. The Labute approximate surface area is 212 Å². The topological polar surface area (TPSA) is 71.5 Å². The highest BCUT2D eigenvalue weighted by atomic mass is 32.1. The number of esters is 1. The lowest BCUT2D eigenvalue weighted by Gasteiger charge is -2.30. The van der Waals surface area contributed by atoms with Crippen LogP contribution >= 0.6 is 22.7 Å². The summed E-state index contributed by atoms with van der Waals surface area (Å²) in [6.07, 6.45) is 1.97. The molecule has 3 heterocycles. The summed E-state index contributed by atoms with van der Waals surface area (Å²) >= 11 is 3.14. The van der Waals surface area contributed by atoms with Crippen LogP contribution in [0.3, 0.4) is 0 Å². The molecule has 0 radical (unpaired) electrons. The fourth-order valence-corrected chi connectivity index (χ4v) is 6.57. The van der Waals surface area contributed by atoms with Crippen LogP contribution in [0.4, 0.5) is 5.00 Å². The number of nitrogens with one attached hydrogen (secondary N) is 1. The highest BCUT2D eigenvalue weighted by Crippen LogP contribution is 2.37. The summed E-state index contributed by atoms with van der Waals surface area (Å²) < 4.78 is 6.53. The molecule has 180 valence electrons. The average molecular weight is 506 g/mol. The third-order valence-electron chi connectivity index (χ3n) is 6.22. The van der Waals surface area contributed by atoms with Gasteiger partial charge in [0, 0.05) is 16.9 Å². The van der Waals surface area contributed by atoms with Gasteiger partial charge in [-0.2, -0.15) is 0 Å². The lowest BCUT2D eigenvalue weighted by Crippen LogP contribution is -2.38. The number of amides is 1. The van der Waals surface area contributed by atoms with E-state index in [0.29, 0.717) is 23.0 Å². The van der Waals surface area contributed by atoms with E-state index < -0.39 is 5.97 Å². The van der Waals surface area contributed by atoms with Gasteiger partial charge in [-0.15, -0.1) is 22.7 Å². The lowest BCUT2D eigenvalue weighted by molar-refractivity contribution is -0.117. The number of nitrogens with zero attached hydrogens (tertiary/aromatic N) is 2. The van der Waals surface area contributed by atoms with Gasteiger partial charge in [0.15, 0.2) is 0 Å². The summed E-state index contributed by atoms with van der Waals surface area (Å²) in [7, 11) is 0. The van der Waals surface area contributed by atoms with E-state index in [1.54, 1.807) is 18.3 Å². The first-order valence-corrected chi connectivity index (χ1v) is 13.5. The highest BCUT2D eigenvalue weighted by Gasteiger charge is 2.26. The van der Waals surface area contributed by atoms with Crippen molar-refractivity contribution in [1.29, 1.82) is 0 Å². The van der Waals surface area contributed by atoms with Crippen molar-refractivity contribution < 1.29 is 14.3 Å². The maximum Gasteiger partial charge on any atom is 0.341 e. The third-order valence-corrected chi connectivity index (χ3v) is 8.32. The first-order valence-electron chi connectivity index (χ1n) is 11.8. The Morgan fingerprint density at radius 3 is 2.57 bits per heavy atom. The van der Waals surface area contributed by atoms with Crippen molar-refractivity contribution in [1.82, 2.24) is 9.88 Å². The van der Waals surface area contributed by atoms with Crippen LogP contribution in [-0.4, -0.2) is 48.0 Å². The molecule has 2 aromatic heterocycles. The van der Waals surface area contributed by atoms with E-state index >= 15 is 0 Å². The lowest BCUT2D eigenvalue weighted by atomic mass is 9.97. The molecule has 1 fully saturated rings. The molecule has 0 aliphatic carbocycles. The van der Waals surface area contributed by atoms with Gasteiger partial charge in [0.2, 0.25) is 5.91 Å². The smallest absolute Gasteiger partial charge is 0.341 e. The summed E-state index contributed by atoms with van der Waals surface area (Å²) in [4.78, 5) is 32.7. The number of thiazole rings is 1. The second kappa shape index (κ2) is 10.7. The molecule has 1 amide bonds. The summed E-state index contributed by atoms with van der Waals surface area (Å²) in [6.45, 7) is 4.05. The van der Waals surface area contributed by atoms with Gasteiger partial charge in [-0.25, -0.2) is 9.78 Å². The molecule has 0 saturated carbocycles. The Morgan fingerprint density at radius 1 is 1.09 bits per heavy atom. The van der Waals surface area contributed by atoms with Gasteiger partial charge in [0.25, 0.3) is 0 Å². The van der Waals surface area contributed by atoms with E-state index in [1.165, 1.54) is 21.0 Å². The summed E-state index contributed by atoms with van der Waals surface area (Å²) in [5.74, 6) is -0.0946. The van der Waals surface area contributed by atoms with Gasteiger partial charge in [0.05, 0.1) is 28.4 Å². The molecular weight excluding hydrogens is 478 g/mol. The number of ether oxygens (including phenoxy) is 1. The fraction of sp³-hybridized carbons (Fsp3) is 0.296. The predicted octanol–water partition coefficient (Wildman–Crippen LogP) is 6.02. The monoisotopic (exact) mass is 505 g/mol. The van der Waals surface area contributed by atoms with Crippen LogP contribution in [0.2, 0.25) is 0 Å². The van der Waals surface area contributed by atoms with Crippen molar-refractivity contribution in [3.05, 3.63) is 70.5 Å². The van der Waals surface area contributed by atoms with Crippen LogP contribution in [-0.2, 0) is 9.53 Å². The zero-order chi connectivity index (χ0) is 24.2. The number of thiophene rings is 1. The Bertz CT molecular complexity index is 1290. The van der Waals surface area contributed by atoms with Crippen LogP contribution in [0.5, 0.6) is 0 Å². The standard InChI is InChI=1S/C27H27N3O3S2/c1-2-33-27(32)24-20(18-8-4-3-5-9-18)17-34-26(24)29-23(31)16-30-14-12-19(13-15-30)25-28-21-10-6-7-11-22(21)35-25/h3-11,17,19H,2,12-16H2,1H3,(H,29,31). The maximum absolute atomic E-state index is 12.9. The average Bonchev–Trinajstić information content (AvgIpc) is 3.49. The summed E-state index contributed by atoms with van der Waals surface area (Å²) in [5, 5.41) is 6.61. The number of carbonyl (C=O) groups is 2. The number of hydrogen-bond acceptors (Lipinski definition) is 7. The number of aromatic nitrogens is 1. The minimum Gasteiger partial charge on any atom is -0.462 e. The molecule has 5 rings (SSSR count). The SMILES string of the molecule is CCOC(=O)c1c(-c2ccccc2)csc1NC(=O)CN1CCC(c2nc3ccccc3s2)CC1. The number of piperidine rings is 1. The van der Waals surface area contributed by atoms with Crippen LogP contribution in [0.15, 0.2) is 60.0 Å². The number of hydrogen-bond donors (Lipinski definition) is 1. The molecule has 35 heavy (non-hydrogen) atoms. The number of benzene rings is 2. The summed E-state index contributed by atoms with van der Waals surface area (Å²) in [6, 6.07) is 17.9. The van der Waals surface area contributed by atoms with Crippen molar-refractivity contribution in [2.45, 2.75) is 25.7 Å². The number of fused-ring (bicyclic) bond motifs is 1. The highest BCUT2D eigenvalue weighted by molar-refractivity contribution is 7.18. The third kappa shape index (κ3) is 5.29. The zero-order valence-electron chi connectivity index (χ0n) is 19.5. The number of anilines is 1. The van der Waals surface area contributed by atoms with Crippen LogP contribution < -0.4 is 5.32 Å². The van der Waals surface area contributed by atoms with Crippen LogP contribution in [0.25, 0.3) is 21.3 Å². The second-order valence-corrected chi connectivity index (χ2v) is 10.5. The molecule has 4 aromatic rings. The molecule has 1 N–H and O–H groups in total. The molecule has 0 atom stereocenters. The molecule has 0 unspecified atom stereocenters. The second-order valence-electron chi connectivity index (χ2n) is 8.56. The molecule has 1 aliphatic heterocycles. The van der Waals surface area contributed by atoms with E-state index in [4.69, 9.17) is 9.72 Å². The molecule has 6 nitrogen and oxygen atoms in total. The number of likely N-dealkylation sites (tertiary alicyclic amines) is 1. The van der Waals surface area contributed by atoms with Crippen molar-refractivity contribution in [3.63, 3.8) is 0 Å². The van der Waals surface area contributed by atoms with E-state index in [9.17, 15) is 9.59 Å². The van der Waals surface area contributed by atoms with Crippen molar-refractivity contribution >= 4 is 49.8 Å². The van der Waals surface area contributed by atoms with Crippen LogP contribution in [0.1, 0.15) is 41.0 Å². The quantitative estimate of drug-likeness (QED) is 0.311.